The Bertz CT molecular complexity index is 579. The molecule has 112 valence electrons. The Hall–Kier alpha value is -1.07. The molecule has 1 atom stereocenters. The van der Waals surface area contributed by atoms with E-state index >= 15 is 0 Å². The van der Waals surface area contributed by atoms with Crippen LogP contribution in [-0.4, -0.2) is 33.6 Å². The molecule has 5 nitrogen and oxygen atoms in total. The van der Waals surface area contributed by atoms with Crippen LogP contribution in [0.5, 0.6) is 0 Å². The lowest BCUT2D eigenvalue weighted by molar-refractivity contribution is 0.156. The van der Waals surface area contributed by atoms with Gasteiger partial charge in [0.2, 0.25) is 0 Å². The second-order valence-corrected chi connectivity index (χ2v) is 5.94. The van der Waals surface area contributed by atoms with Gasteiger partial charge in [-0.1, -0.05) is 18.0 Å². The van der Waals surface area contributed by atoms with Crippen LogP contribution in [-0.2, 0) is 6.54 Å². The van der Waals surface area contributed by atoms with E-state index in [1.165, 1.54) is 23.8 Å². The highest BCUT2D eigenvalue weighted by Gasteiger charge is 2.17. The van der Waals surface area contributed by atoms with Gasteiger partial charge in [0.05, 0.1) is 0 Å². The molecule has 0 aromatic carbocycles. The van der Waals surface area contributed by atoms with Crippen LogP contribution in [0.15, 0.2) is 9.59 Å². The summed E-state index contributed by atoms with van der Waals surface area (Å²) in [6, 6.07) is 0.603. The highest BCUT2D eigenvalue weighted by atomic mass is 35.5. The van der Waals surface area contributed by atoms with Gasteiger partial charge in [0.15, 0.2) is 0 Å². The fourth-order valence-electron chi connectivity index (χ4n) is 2.77. The number of hydrogen-bond acceptors (Lipinski definition) is 3. The van der Waals surface area contributed by atoms with E-state index in [1.807, 2.05) is 0 Å². The van der Waals surface area contributed by atoms with Crippen LogP contribution in [0.1, 0.15) is 38.2 Å². The van der Waals surface area contributed by atoms with E-state index in [-0.39, 0.29) is 10.7 Å². The van der Waals surface area contributed by atoms with Gasteiger partial charge >= 0.3 is 5.69 Å². The predicted octanol–water partition coefficient (Wildman–Crippen LogP) is 1.76. The lowest BCUT2D eigenvalue weighted by Gasteiger charge is -2.33. The van der Waals surface area contributed by atoms with Crippen molar-refractivity contribution in [2.45, 2.75) is 52.1 Å². The van der Waals surface area contributed by atoms with Gasteiger partial charge in [0.25, 0.3) is 5.56 Å². The molecule has 1 unspecified atom stereocenters. The first kappa shape index (κ1) is 15.3. The molecular weight excluding hydrogens is 278 g/mol. The molecule has 0 spiro atoms. The van der Waals surface area contributed by atoms with E-state index in [9.17, 15) is 9.59 Å². The number of H-pyrrole nitrogens is 1. The molecule has 0 aliphatic carbocycles. The molecule has 0 bridgehead atoms. The zero-order valence-corrected chi connectivity index (χ0v) is 12.9. The minimum Gasteiger partial charge on any atom is -0.301 e. The summed E-state index contributed by atoms with van der Waals surface area (Å²) >= 11 is 5.79. The van der Waals surface area contributed by atoms with E-state index in [0.29, 0.717) is 18.2 Å². The summed E-state index contributed by atoms with van der Waals surface area (Å²) in [5.41, 5.74) is -0.305. The number of aromatic nitrogens is 2. The quantitative estimate of drug-likeness (QED) is 0.862. The van der Waals surface area contributed by atoms with Crippen LogP contribution in [0, 0.1) is 6.92 Å². The van der Waals surface area contributed by atoms with Gasteiger partial charge < -0.3 is 4.90 Å². The topological polar surface area (TPSA) is 58.1 Å². The summed E-state index contributed by atoms with van der Waals surface area (Å²) in [6.07, 6.45) is 4.58. The first-order valence-corrected chi connectivity index (χ1v) is 7.61. The van der Waals surface area contributed by atoms with Crippen molar-refractivity contribution in [2.24, 2.45) is 0 Å². The lowest BCUT2D eigenvalue weighted by atomic mass is 10.0. The third-order valence-corrected chi connectivity index (χ3v) is 4.50. The van der Waals surface area contributed by atoms with Crippen LogP contribution in [0.2, 0.25) is 5.15 Å². The summed E-state index contributed by atoms with van der Waals surface area (Å²) in [4.78, 5) is 28.7. The number of nitrogens with zero attached hydrogens (tertiary/aromatic N) is 2. The Morgan fingerprint density at radius 2 is 2.05 bits per heavy atom. The zero-order chi connectivity index (χ0) is 14.7. The standard InChI is InChI=1S/C14H22ClN3O2/c1-10-6-3-4-7-17(10)8-5-9-18-13(19)11(2)12(15)16-14(18)20/h10H,3-9H2,1-2H3,(H,16,20). The molecule has 0 saturated carbocycles. The average molecular weight is 300 g/mol. The summed E-state index contributed by atoms with van der Waals surface area (Å²) in [5.74, 6) is 0. The summed E-state index contributed by atoms with van der Waals surface area (Å²) in [6.45, 7) is 6.35. The molecule has 20 heavy (non-hydrogen) atoms. The maximum absolute atomic E-state index is 12.0. The molecule has 1 aliphatic heterocycles. The highest BCUT2D eigenvalue weighted by molar-refractivity contribution is 6.30. The molecule has 1 saturated heterocycles. The first-order chi connectivity index (χ1) is 9.50. The summed E-state index contributed by atoms with van der Waals surface area (Å²) in [5, 5.41) is 0.140. The fourth-order valence-corrected chi connectivity index (χ4v) is 2.93. The van der Waals surface area contributed by atoms with Crippen molar-refractivity contribution in [2.75, 3.05) is 13.1 Å². The Morgan fingerprint density at radius 1 is 1.30 bits per heavy atom. The molecule has 2 rings (SSSR count). The number of likely N-dealkylation sites (tertiary alicyclic amines) is 1. The van der Waals surface area contributed by atoms with E-state index < -0.39 is 5.69 Å². The van der Waals surface area contributed by atoms with E-state index in [0.717, 1.165) is 19.5 Å². The smallest absolute Gasteiger partial charge is 0.301 e. The average Bonchev–Trinajstić information content (AvgIpc) is 2.42. The summed E-state index contributed by atoms with van der Waals surface area (Å²) in [7, 11) is 0. The maximum atomic E-state index is 12.0. The SMILES string of the molecule is Cc1c(Cl)[nH]c(=O)n(CCCN2CCCCC2C)c1=O. The second-order valence-electron chi connectivity index (χ2n) is 5.56. The van der Waals surface area contributed by atoms with E-state index in [4.69, 9.17) is 11.6 Å². The molecule has 1 aromatic heterocycles. The van der Waals surface area contributed by atoms with Crippen molar-refractivity contribution in [1.82, 2.24) is 14.5 Å². The highest BCUT2D eigenvalue weighted by Crippen LogP contribution is 2.16. The molecule has 0 radical (unpaired) electrons. The molecule has 2 heterocycles. The van der Waals surface area contributed by atoms with Crippen molar-refractivity contribution < 1.29 is 0 Å². The van der Waals surface area contributed by atoms with E-state index in [2.05, 4.69) is 16.8 Å². The third-order valence-electron chi connectivity index (χ3n) is 4.12. The normalized spacial score (nSPS) is 20.2. The van der Waals surface area contributed by atoms with Crippen molar-refractivity contribution in [1.29, 1.82) is 0 Å². The Morgan fingerprint density at radius 3 is 2.75 bits per heavy atom. The summed E-state index contributed by atoms with van der Waals surface area (Å²) < 4.78 is 1.25. The van der Waals surface area contributed by atoms with Gasteiger partial charge in [-0.05, 0) is 39.7 Å². The minimum atomic E-state index is -0.419. The van der Waals surface area contributed by atoms with Crippen LogP contribution in [0.4, 0.5) is 0 Å². The van der Waals surface area contributed by atoms with Crippen molar-refractivity contribution in [3.05, 3.63) is 31.6 Å². The zero-order valence-electron chi connectivity index (χ0n) is 12.1. The Balaban J connectivity index is 2.00. The first-order valence-electron chi connectivity index (χ1n) is 7.24. The molecule has 1 aliphatic rings. The van der Waals surface area contributed by atoms with Gasteiger partial charge in [-0.3, -0.25) is 14.3 Å². The van der Waals surface area contributed by atoms with Gasteiger partial charge in [-0.2, -0.15) is 0 Å². The molecule has 1 aromatic rings. The molecule has 1 fully saturated rings. The van der Waals surface area contributed by atoms with Crippen LogP contribution >= 0.6 is 11.6 Å². The number of hydrogen-bond donors (Lipinski definition) is 1. The van der Waals surface area contributed by atoms with Crippen molar-refractivity contribution >= 4 is 11.6 Å². The molecule has 0 amide bonds. The second kappa shape index (κ2) is 6.59. The molecule has 1 N–H and O–H groups in total. The number of rotatable bonds is 4. The molecule has 6 heteroatoms. The van der Waals surface area contributed by atoms with Gasteiger partial charge in [0.1, 0.15) is 5.15 Å². The van der Waals surface area contributed by atoms with Gasteiger partial charge in [0, 0.05) is 24.7 Å². The number of piperidine rings is 1. The van der Waals surface area contributed by atoms with Gasteiger partial charge in [-0.15, -0.1) is 0 Å². The van der Waals surface area contributed by atoms with Crippen LogP contribution in [0.3, 0.4) is 0 Å². The largest absolute Gasteiger partial charge is 0.329 e. The number of halogens is 1. The number of nitrogens with one attached hydrogen (secondary N) is 1. The Labute approximate surface area is 123 Å². The van der Waals surface area contributed by atoms with Crippen molar-refractivity contribution in [3.63, 3.8) is 0 Å². The van der Waals surface area contributed by atoms with Crippen LogP contribution in [0.25, 0.3) is 0 Å². The van der Waals surface area contributed by atoms with Crippen molar-refractivity contribution in [3.8, 4) is 0 Å². The fraction of sp³-hybridized carbons (Fsp3) is 0.714. The molecular formula is C14H22ClN3O2. The number of aromatic amines is 1. The minimum absolute atomic E-state index is 0.140. The lowest BCUT2D eigenvalue weighted by Crippen LogP contribution is -2.40. The van der Waals surface area contributed by atoms with Gasteiger partial charge in [-0.25, -0.2) is 4.79 Å². The monoisotopic (exact) mass is 299 g/mol. The van der Waals surface area contributed by atoms with E-state index in [1.54, 1.807) is 6.92 Å². The predicted molar refractivity (Wildman–Crippen MR) is 80.6 cm³/mol. The Kier molecular flexibility index (Phi) is 5.05. The third kappa shape index (κ3) is 3.33. The van der Waals surface area contributed by atoms with Crippen LogP contribution < -0.4 is 11.2 Å². The maximum Gasteiger partial charge on any atom is 0.329 e.